The minimum absolute atomic E-state index is 0.0929. The molecule has 2 aromatic rings. The molecule has 0 aliphatic rings. The molecule has 0 unspecified atom stereocenters. The normalized spacial score (nSPS) is 11.0. The van der Waals surface area contributed by atoms with E-state index in [1.54, 1.807) is 0 Å². The topological polar surface area (TPSA) is 84.5 Å². The lowest BCUT2D eigenvalue weighted by Crippen LogP contribution is -2.22. The van der Waals surface area contributed by atoms with E-state index in [-0.39, 0.29) is 16.1 Å². The first-order valence-corrected chi connectivity index (χ1v) is 7.63. The number of carbonyl (C=O) groups excluding carboxylic acids is 1. The molecule has 0 fully saturated rings. The highest BCUT2D eigenvalue weighted by Gasteiger charge is 2.16. The molecule has 0 radical (unpaired) electrons. The van der Waals surface area contributed by atoms with Crippen molar-refractivity contribution in [2.45, 2.75) is 4.90 Å². The van der Waals surface area contributed by atoms with Crippen LogP contribution in [-0.2, 0) is 14.9 Å². The Morgan fingerprint density at radius 2 is 1.73 bits per heavy atom. The van der Waals surface area contributed by atoms with Crippen molar-refractivity contribution in [3.8, 4) is 0 Å². The maximum absolute atomic E-state index is 13.5. The Kier molecular flexibility index (Phi) is 4.74. The fourth-order valence-electron chi connectivity index (χ4n) is 1.68. The molecule has 6 nitrogen and oxygen atoms in total. The predicted molar refractivity (Wildman–Crippen MR) is 78.1 cm³/mol. The second kappa shape index (κ2) is 6.54. The van der Waals surface area contributed by atoms with Crippen molar-refractivity contribution in [1.82, 2.24) is 5.48 Å². The van der Waals surface area contributed by atoms with Crippen molar-refractivity contribution in [3.63, 3.8) is 0 Å². The quantitative estimate of drug-likeness (QED) is 0.823. The molecule has 2 rings (SSSR count). The zero-order valence-corrected chi connectivity index (χ0v) is 12.4. The van der Waals surface area contributed by atoms with Gasteiger partial charge in [0, 0.05) is 5.56 Å². The van der Waals surface area contributed by atoms with Crippen LogP contribution < -0.4 is 10.2 Å². The van der Waals surface area contributed by atoms with Crippen LogP contribution in [0.4, 0.5) is 10.1 Å². The number of rotatable bonds is 5. The molecule has 2 N–H and O–H groups in total. The van der Waals surface area contributed by atoms with Gasteiger partial charge in [-0.05, 0) is 36.4 Å². The van der Waals surface area contributed by atoms with Crippen LogP contribution in [0.2, 0.25) is 0 Å². The number of hydrogen-bond donors (Lipinski definition) is 2. The first-order chi connectivity index (χ1) is 10.4. The van der Waals surface area contributed by atoms with Gasteiger partial charge in [0.1, 0.15) is 5.82 Å². The molecule has 0 atom stereocenters. The van der Waals surface area contributed by atoms with E-state index in [1.165, 1.54) is 49.6 Å². The van der Waals surface area contributed by atoms with Crippen LogP contribution in [0, 0.1) is 5.82 Å². The Morgan fingerprint density at radius 1 is 1.09 bits per heavy atom. The van der Waals surface area contributed by atoms with Gasteiger partial charge in [0.15, 0.2) is 0 Å². The lowest BCUT2D eigenvalue weighted by Gasteiger charge is -2.09. The van der Waals surface area contributed by atoms with E-state index in [9.17, 15) is 17.6 Å². The molecule has 0 heterocycles. The Morgan fingerprint density at radius 3 is 2.32 bits per heavy atom. The van der Waals surface area contributed by atoms with E-state index in [2.05, 4.69) is 15.0 Å². The molecule has 22 heavy (non-hydrogen) atoms. The van der Waals surface area contributed by atoms with Gasteiger partial charge in [0.25, 0.3) is 15.9 Å². The molecule has 0 spiro atoms. The summed E-state index contributed by atoms with van der Waals surface area (Å²) in [5.74, 6) is -1.18. The number of carbonyl (C=O) groups is 1. The minimum Gasteiger partial charge on any atom is -0.277 e. The van der Waals surface area contributed by atoms with Crippen LogP contribution in [0.5, 0.6) is 0 Å². The van der Waals surface area contributed by atoms with Crippen molar-refractivity contribution in [2.24, 2.45) is 0 Å². The summed E-state index contributed by atoms with van der Waals surface area (Å²) in [6.45, 7) is 0. The minimum atomic E-state index is -3.94. The number of para-hydroxylation sites is 1. The van der Waals surface area contributed by atoms with Crippen molar-refractivity contribution < 1.29 is 22.4 Å². The smallest absolute Gasteiger partial charge is 0.274 e. The van der Waals surface area contributed by atoms with E-state index in [0.29, 0.717) is 0 Å². The van der Waals surface area contributed by atoms with Crippen molar-refractivity contribution in [3.05, 3.63) is 59.9 Å². The van der Waals surface area contributed by atoms with Gasteiger partial charge in [-0.3, -0.25) is 14.4 Å². The number of hydroxylamine groups is 1. The molecule has 0 aromatic heterocycles. The summed E-state index contributed by atoms with van der Waals surface area (Å²) in [4.78, 5) is 15.9. The second-order valence-electron chi connectivity index (χ2n) is 4.25. The van der Waals surface area contributed by atoms with Crippen LogP contribution in [0.25, 0.3) is 0 Å². The van der Waals surface area contributed by atoms with Crippen LogP contribution in [0.3, 0.4) is 0 Å². The fraction of sp³-hybridized carbons (Fsp3) is 0.0714. The molecule has 0 bridgehead atoms. The highest BCUT2D eigenvalue weighted by Crippen LogP contribution is 2.19. The van der Waals surface area contributed by atoms with Crippen LogP contribution in [0.1, 0.15) is 10.4 Å². The molecule has 0 aliphatic heterocycles. The van der Waals surface area contributed by atoms with Gasteiger partial charge in [-0.1, -0.05) is 12.1 Å². The summed E-state index contributed by atoms with van der Waals surface area (Å²) < 4.78 is 40.0. The number of amides is 1. The third-order valence-corrected chi connectivity index (χ3v) is 4.12. The molecular formula is C14H13FN2O4S. The number of anilines is 1. The lowest BCUT2D eigenvalue weighted by molar-refractivity contribution is 0.0537. The van der Waals surface area contributed by atoms with Gasteiger partial charge < -0.3 is 0 Å². The monoisotopic (exact) mass is 324 g/mol. The van der Waals surface area contributed by atoms with E-state index >= 15 is 0 Å². The van der Waals surface area contributed by atoms with Crippen molar-refractivity contribution in [1.29, 1.82) is 0 Å². The predicted octanol–water partition coefficient (Wildman–Crippen LogP) is 1.92. The highest BCUT2D eigenvalue weighted by molar-refractivity contribution is 7.92. The SMILES string of the molecule is CONC(=O)c1ccc(S(=O)(=O)Nc2ccccc2F)cc1. The zero-order chi connectivity index (χ0) is 16.2. The maximum atomic E-state index is 13.5. The third kappa shape index (κ3) is 3.60. The van der Waals surface area contributed by atoms with Crippen molar-refractivity contribution >= 4 is 21.6 Å². The fourth-order valence-corrected chi connectivity index (χ4v) is 2.75. The van der Waals surface area contributed by atoms with Gasteiger partial charge in [0.05, 0.1) is 17.7 Å². The molecule has 0 saturated heterocycles. The maximum Gasteiger partial charge on any atom is 0.274 e. The van der Waals surface area contributed by atoms with Gasteiger partial charge in [-0.25, -0.2) is 18.3 Å². The van der Waals surface area contributed by atoms with Crippen LogP contribution in [-0.4, -0.2) is 21.4 Å². The van der Waals surface area contributed by atoms with E-state index in [0.717, 1.165) is 6.07 Å². The molecule has 0 aliphatic carbocycles. The Balaban J connectivity index is 2.23. The number of hydrogen-bond acceptors (Lipinski definition) is 4. The molecule has 2 aromatic carbocycles. The summed E-state index contributed by atoms with van der Waals surface area (Å²) in [6.07, 6.45) is 0. The van der Waals surface area contributed by atoms with Gasteiger partial charge in [-0.2, -0.15) is 0 Å². The largest absolute Gasteiger partial charge is 0.277 e. The summed E-state index contributed by atoms with van der Waals surface area (Å²) >= 11 is 0. The molecule has 8 heteroatoms. The average molecular weight is 324 g/mol. The van der Waals surface area contributed by atoms with Crippen LogP contribution >= 0.6 is 0 Å². The zero-order valence-electron chi connectivity index (χ0n) is 11.5. The van der Waals surface area contributed by atoms with E-state index < -0.39 is 21.7 Å². The Bertz CT molecular complexity index is 776. The Hall–Kier alpha value is -2.45. The van der Waals surface area contributed by atoms with Crippen molar-refractivity contribution in [2.75, 3.05) is 11.8 Å². The number of halogens is 1. The summed E-state index contributed by atoms with van der Waals surface area (Å²) in [5, 5.41) is 0. The molecule has 0 saturated carbocycles. The first kappa shape index (κ1) is 15.9. The summed E-state index contributed by atoms with van der Waals surface area (Å²) in [5.41, 5.74) is 2.19. The molecule has 1 amide bonds. The van der Waals surface area contributed by atoms with Crippen LogP contribution in [0.15, 0.2) is 53.4 Å². The van der Waals surface area contributed by atoms with Gasteiger partial charge in [-0.15, -0.1) is 0 Å². The average Bonchev–Trinajstić information content (AvgIpc) is 2.50. The summed E-state index contributed by atoms with van der Waals surface area (Å²) in [7, 11) is -2.66. The number of sulfonamides is 1. The second-order valence-corrected chi connectivity index (χ2v) is 5.93. The number of nitrogens with one attached hydrogen (secondary N) is 2. The highest BCUT2D eigenvalue weighted by atomic mass is 32.2. The van der Waals surface area contributed by atoms with E-state index in [1.807, 2.05) is 0 Å². The van der Waals surface area contributed by atoms with Gasteiger partial charge >= 0.3 is 0 Å². The van der Waals surface area contributed by atoms with E-state index in [4.69, 9.17) is 0 Å². The third-order valence-electron chi connectivity index (χ3n) is 2.74. The standard InChI is InChI=1S/C14H13FN2O4S/c1-21-16-14(18)10-6-8-11(9-7-10)22(19,20)17-13-5-3-2-4-12(13)15/h2-9,17H,1H3,(H,16,18). The molecule has 116 valence electrons. The van der Waals surface area contributed by atoms with Gasteiger partial charge in [0.2, 0.25) is 0 Å². The lowest BCUT2D eigenvalue weighted by atomic mass is 10.2. The number of benzene rings is 2. The Labute approximate surface area is 126 Å². The summed E-state index contributed by atoms with van der Waals surface area (Å²) in [6, 6.07) is 10.6. The molecular weight excluding hydrogens is 311 g/mol. The first-order valence-electron chi connectivity index (χ1n) is 6.15.